The molecule has 8 heteroatoms. The maximum atomic E-state index is 13.2. The third-order valence-electron chi connectivity index (χ3n) is 6.62. The lowest BCUT2D eigenvalue weighted by molar-refractivity contribution is -0.152. The topological polar surface area (TPSA) is 95.9 Å². The molecule has 2 N–H and O–H groups in total. The summed E-state index contributed by atoms with van der Waals surface area (Å²) in [5.74, 6) is -0.768. The van der Waals surface area contributed by atoms with E-state index in [1.165, 1.54) is 4.90 Å². The minimum atomic E-state index is -1.00. The predicted molar refractivity (Wildman–Crippen MR) is 132 cm³/mol. The number of carboxylic acid groups (broad SMARTS) is 1. The Kier molecular flexibility index (Phi) is 7.77. The van der Waals surface area contributed by atoms with Crippen LogP contribution in [-0.2, 0) is 14.3 Å². The number of ether oxygens (including phenoxy) is 1. The van der Waals surface area contributed by atoms with Crippen molar-refractivity contribution >= 4 is 29.7 Å². The van der Waals surface area contributed by atoms with Crippen LogP contribution in [-0.4, -0.2) is 65.2 Å². The van der Waals surface area contributed by atoms with Gasteiger partial charge in [-0.2, -0.15) is 11.8 Å². The van der Waals surface area contributed by atoms with Gasteiger partial charge in [0.1, 0.15) is 18.7 Å². The quantitative estimate of drug-likeness (QED) is 0.588. The Morgan fingerprint density at radius 2 is 1.74 bits per heavy atom. The van der Waals surface area contributed by atoms with E-state index in [1.54, 1.807) is 11.8 Å². The molecule has 1 saturated heterocycles. The minimum Gasteiger partial charge on any atom is -0.480 e. The van der Waals surface area contributed by atoms with Gasteiger partial charge in [0.25, 0.3) is 0 Å². The van der Waals surface area contributed by atoms with Crippen LogP contribution < -0.4 is 5.32 Å². The number of hydrogen-bond donors (Lipinski definition) is 2. The first-order valence-corrected chi connectivity index (χ1v) is 13.0. The Hall–Kier alpha value is -3.00. The predicted octanol–water partition coefficient (Wildman–Crippen LogP) is 4.11. The second-order valence-electron chi connectivity index (χ2n) is 8.69. The van der Waals surface area contributed by atoms with E-state index in [0.717, 1.165) is 35.1 Å². The number of rotatable bonds is 8. The van der Waals surface area contributed by atoms with E-state index in [1.807, 2.05) is 30.5 Å². The number of benzene rings is 2. The Labute approximate surface area is 203 Å². The van der Waals surface area contributed by atoms with E-state index in [9.17, 15) is 19.5 Å². The number of carboxylic acids is 1. The first-order chi connectivity index (χ1) is 16.5. The van der Waals surface area contributed by atoms with Crippen LogP contribution in [0.25, 0.3) is 11.1 Å². The SMILES string of the molecule is CSCC[C@H](NC(=O)OCC1c2ccccc2-c2ccccc21)C(=O)N1CCCCC1C(=O)O. The summed E-state index contributed by atoms with van der Waals surface area (Å²) < 4.78 is 5.62. The Balaban J connectivity index is 1.44. The van der Waals surface area contributed by atoms with Crippen molar-refractivity contribution in [1.82, 2.24) is 10.2 Å². The van der Waals surface area contributed by atoms with Crippen LogP contribution in [0, 0.1) is 0 Å². The van der Waals surface area contributed by atoms with Gasteiger partial charge in [-0.15, -0.1) is 0 Å². The van der Waals surface area contributed by atoms with Gasteiger partial charge in [-0.05, 0) is 59.9 Å². The van der Waals surface area contributed by atoms with Crippen molar-refractivity contribution in [3.63, 3.8) is 0 Å². The van der Waals surface area contributed by atoms with Gasteiger partial charge in [0.05, 0.1) is 0 Å². The van der Waals surface area contributed by atoms with Crippen molar-refractivity contribution in [3.05, 3.63) is 59.7 Å². The van der Waals surface area contributed by atoms with E-state index in [2.05, 4.69) is 29.6 Å². The fourth-order valence-corrected chi connectivity index (χ4v) is 5.40. The summed E-state index contributed by atoms with van der Waals surface area (Å²) in [5, 5.41) is 12.3. The number of likely N-dealkylation sites (tertiary alicyclic amines) is 1. The van der Waals surface area contributed by atoms with Crippen LogP contribution in [0.2, 0.25) is 0 Å². The first-order valence-electron chi connectivity index (χ1n) is 11.6. The fourth-order valence-electron chi connectivity index (χ4n) is 4.93. The highest BCUT2D eigenvalue weighted by atomic mass is 32.2. The molecule has 2 aromatic rings. The van der Waals surface area contributed by atoms with E-state index < -0.39 is 24.1 Å². The average molecular weight is 483 g/mol. The van der Waals surface area contributed by atoms with Crippen LogP contribution in [0.4, 0.5) is 4.79 Å². The number of thioether (sulfide) groups is 1. The molecule has 0 spiro atoms. The summed E-state index contributed by atoms with van der Waals surface area (Å²) in [6, 6.07) is 14.5. The molecule has 0 radical (unpaired) electrons. The lowest BCUT2D eigenvalue weighted by Gasteiger charge is -2.35. The number of amides is 2. The maximum Gasteiger partial charge on any atom is 0.407 e. The van der Waals surface area contributed by atoms with Crippen LogP contribution in [0.15, 0.2) is 48.5 Å². The van der Waals surface area contributed by atoms with Gasteiger partial charge in [-0.25, -0.2) is 9.59 Å². The van der Waals surface area contributed by atoms with Crippen LogP contribution in [0.1, 0.15) is 42.7 Å². The maximum absolute atomic E-state index is 13.2. The molecule has 2 amide bonds. The number of alkyl carbamates (subject to hydrolysis) is 1. The van der Waals surface area contributed by atoms with Gasteiger partial charge in [0.2, 0.25) is 5.91 Å². The molecule has 180 valence electrons. The van der Waals surface area contributed by atoms with E-state index in [4.69, 9.17) is 4.74 Å². The van der Waals surface area contributed by atoms with Gasteiger partial charge in [0, 0.05) is 12.5 Å². The molecule has 2 aromatic carbocycles. The average Bonchev–Trinajstić information content (AvgIpc) is 3.18. The van der Waals surface area contributed by atoms with Crippen molar-refractivity contribution in [3.8, 4) is 11.1 Å². The third-order valence-corrected chi connectivity index (χ3v) is 7.26. The number of nitrogens with one attached hydrogen (secondary N) is 1. The van der Waals surface area contributed by atoms with Crippen LogP contribution >= 0.6 is 11.8 Å². The number of piperidine rings is 1. The third kappa shape index (κ3) is 5.06. The van der Waals surface area contributed by atoms with Crippen molar-refractivity contribution in [2.24, 2.45) is 0 Å². The van der Waals surface area contributed by atoms with Gasteiger partial charge in [0.15, 0.2) is 0 Å². The highest BCUT2D eigenvalue weighted by molar-refractivity contribution is 7.98. The zero-order valence-electron chi connectivity index (χ0n) is 19.2. The molecule has 34 heavy (non-hydrogen) atoms. The standard InChI is InChI=1S/C26H30N2O5S/c1-34-15-13-22(24(29)28-14-7-6-12-23(28)25(30)31)27-26(32)33-16-21-19-10-4-2-8-17(19)18-9-3-5-11-20(18)21/h2-5,8-11,21-23H,6-7,12-16H2,1H3,(H,27,32)(H,30,31)/t22-,23?/m0/s1. The number of aliphatic carboxylic acids is 1. The molecule has 1 aliphatic heterocycles. The van der Waals surface area contributed by atoms with Crippen molar-refractivity contribution in [1.29, 1.82) is 0 Å². The molecular weight excluding hydrogens is 452 g/mol. The zero-order chi connectivity index (χ0) is 24.1. The highest BCUT2D eigenvalue weighted by Gasteiger charge is 2.36. The summed E-state index contributed by atoms with van der Waals surface area (Å²) in [7, 11) is 0. The molecule has 0 aromatic heterocycles. The lowest BCUT2D eigenvalue weighted by Crippen LogP contribution is -2.55. The molecule has 1 heterocycles. The summed E-state index contributed by atoms with van der Waals surface area (Å²) in [4.78, 5) is 39.1. The number of carbonyl (C=O) groups is 3. The zero-order valence-corrected chi connectivity index (χ0v) is 20.1. The van der Waals surface area contributed by atoms with Crippen LogP contribution in [0.5, 0.6) is 0 Å². The molecule has 0 bridgehead atoms. The van der Waals surface area contributed by atoms with Gasteiger partial charge >= 0.3 is 12.1 Å². The van der Waals surface area contributed by atoms with Crippen LogP contribution in [0.3, 0.4) is 0 Å². The Bertz CT molecular complexity index is 1010. The number of carbonyl (C=O) groups excluding carboxylic acids is 2. The van der Waals surface area contributed by atoms with Gasteiger partial charge in [-0.3, -0.25) is 4.79 Å². The minimum absolute atomic E-state index is 0.0722. The molecule has 0 saturated carbocycles. The van der Waals surface area contributed by atoms with E-state index in [-0.39, 0.29) is 18.4 Å². The monoisotopic (exact) mass is 482 g/mol. The molecule has 2 aliphatic rings. The second-order valence-corrected chi connectivity index (χ2v) is 9.67. The molecule has 4 rings (SSSR count). The van der Waals surface area contributed by atoms with E-state index in [0.29, 0.717) is 25.1 Å². The fraction of sp³-hybridized carbons (Fsp3) is 0.423. The molecule has 2 atom stereocenters. The Morgan fingerprint density at radius 3 is 2.35 bits per heavy atom. The number of nitrogens with zero attached hydrogens (tertiary/aromatic N) is 1. The first kappa shape index (κ1) is 24.1. The van der Waals surface area contributed by atoms with Gasteiger partial charge in [-0.1, -0.05) is 48.5 Å². The Morgan fingerprint density at radius 1 is 1.09 bits per heavy atom. The number of fused-ring (bicyclic) bond motifs is 3. The summed E-state index contributed by atoms with van der Waals surface area (Å²) >= 11 is 1.57. The number of hydrogen-bond acceptors (Lipinski definition) is 5. The lowest BCUT2D eigenvalue weighted by atomic mass is 9.98. The smallest absolute Gasteiger partial charge is 0.407 e. The molecule has 1 fully saturated rings. The molecule has 7 nitrogen and oxygen atoms in total. The normalized spacial score (nSPS) is 18.0. The van der Waals surface area contributed by atoms with Crippen molar-refractivity contribution < 1.29 is 24.2 Å². The summed E-state index contributed by atoms with van der Waals surface area (Å²) in [5.41, 5.74) is 4.52. The molecular formula is C26H30N2O5S. The molecule has 1 aliphatic carbocycles. The molecule has 1 unspecified atom stereocenters. The van der Waals surface area contributed by atoms with E-state index >= 15 is 0 Å². The summed E-state index contributed by atoms with van der Waals surface area (Å²) in [6.07, 6.45) is 3.64. The largest absolute Gasteiger partial charge is 0.480 e. The van der Waals surface area contributed by atoms with Crippen molar-refractivity contribution in [2.75, 3.05) is 25.2 Å². The second kappa shape index (κ2) is 11.0. The highest BCUT2D eigenvalue weighted by Crippen LogP contribution is 2.44. The summed E-state index contributed by atoms with van der Waals surface area (Å²) in [6.45, 7) is 0.544. The van der Waals surface area contributed by atoms with Crippen molar-refractivity contribution in [2.45, 2.75) is 43.7 Å². The van der Waals surface area contributed by atoms with Gasteiger partial charge < -0.3 is 20.1 Å².